The van der Waals surface area contributed by atoms with Crippen LogP contribution in [-0.4, -0.2) is 30.7 Å². The molecule has 1 aliphatic rings. The minimum Gasteiger partial charge on any atom is -0.385 e. The number of nitrogens with zero attached hydrogens (tertiary/aromatic N) is 1. The second-order valence-electron chi connectivity index (χ2n) is 5.80. The number of nitrogens with one attached hydrogen (secondary N) is 2. The Morgan fingerprint density at radius 1 is 1.20 bits per heavy atom. The van der Waals surface area contributed by atoms with Gasteiger partial charge >= 0.3 is 0 Å². The first-order chi connectivity index (χ1) is 12.1. The topological polar surface area (TPSA) is 79.8 Å². The molecule has 25 heavy (non-hydrogen) atoms. The maximum Gasteiger partial charge on any atom is 0.278 e. The van der Waals surface area contributed by atoms with Gasteiger partial charge < -0.3 is 15.5 Å². The zero-order chi connectivity index (χ0) is 17.6. The Balaban J connectivity index is 1.49. The molecule has 6 nitrogen and oxygen atoms in total. The molecule has 0 bridgehead atoms. The van der Waals surface area contributed by atoms with Crippen molar-refractivity contribution in [3.63, 3.8) is 0 Å². The van der Waals surface area contributed by atoms with Crippen molar-refractivity contribution in [2.45, 2.75) is 13.3 Å². The Kier molecular flexibility index (Phi) is 5.09. The molecule has 0 aliphatic carbocycles. The monoisotopic (exact) mass is 337 g/mol. The van der Waals surface area contributed by atoms with Gasteiger partial charge in [-0.1, -0.05) is 47.1 Å². The molecule has 1 heterocycles. The second-order valence-corrected chi connectivity index (χ2v) is 5.80. The van der Waals surface area contributed by atoms with Crippen LogP contribution < -0.4 is 10.6 Å². The number of carbonyl (C=O) groups excluding carboxylic acids is 2. The van der Waals surface area contributed by atoms with Gasteiger partial charge in [-0.15, -0.1) is 0 Å². The molecule has 3 rings (SSSR count). The molecule has 2 N–H and O–H groups in total. The van der Waals surface area contributed by atoms with Crippen LogP contribution in [0.5, 0.6) is 0 Å². The molecule has 2 aromatic rings. The van der Waals surface area contributed by atoms with Gasteiger partial charge in [0.25, 0.3) is 11.8 Å². The number of rotatable bonds is 6. The van der Waals surface area contributed by atoms with Crippen molar-refractivity contribution >= 4 is 23.2 Å². The van der Waals surface area contributed by atoms with Crippen LogP contribution in [0.1, 0.15) is 16.7 Å². The van der Waals surface area contributed by atoms with E-state index in [4.69, 9.17) is 4.84 Å². The van der Waals surface area contributed by atoms with Crippen LogP contribution in [0.15, 0.2) is 53.7 Å². The molecule has 2 amide bonds. The van der Waals surface area contributed by atoms with Crippen LogP contribution in [0.4, 0.5) is 5.69 Å². The van der Waals surface area contributed by atoms with E-state index in [1.54, 1.807) is 0 Å². The molecule has 0 atom stereocenters. The standard InChI is InChI=1S/C19H19N3O3/c1-13-7-8-16-15(11-13)18(19(24)21-16)22-25-12-17(23)20-10-9-14-5-3-2-4-6-14/h2-8,11H,9-10,12H2,1H3,(H,20,23)(H,21,22,24). The third-order valence-corrected chi connectivity index (χ3v) is 3.82. The van der Waals surface area contributed by atoms with Gasteiger partial charge in [-0.05, 0) is 31.0 Å². The average molecular weight is 337 g/mol. The summed E-state index contributed by atoms with van der Waals surface area (Å²) in [4.78, 5) is 28.8. The van der Waals surface area contributed by atoms with Gasteiger partial charge in [0.1, 0.15) is 0 Å². The summed E-state index contributed by atoms with van der Waals surface area (Å²) in [6.07, 6.45) is 0.746. The molecular weight excluding hydrogens is 318 g/mol. The smallest absolute Gasteiger partial charge is 0.278 e. The minimum absolute atomic E-state index is 0.191. The summed E-state index contributed by atoms with van der Waals surface area (Å²) in [6.45, 7) is 2.22. The number of fused-ring (bicyclic) bond motifs is 1. The number of amides is 2. The molecule has 0 spiro atoms. The molecular formula is C19H19N3O3. The first-order valence-corrected chi connectivity index (χ1v) is 8.06. The molecule has 0 saturated heterocycles. The van der Waals surface area contributed by atoms with Gasteiger partial charge in [-0.2, -0.15) is 0 Å². The lowest BCUT2D eigenvalue weighted by Crippen LogP contribution is -2.29. The number of aryl methyl sites for hydroxylation is 1. The summed E-state index contributed by atoms with van der Waals surface area (Å²) in [6, 6.07) is 15.5. The Morgan fingerprint density at radius 3 is 2.80 bits per heavy atom. The Morgan fingerprint density at radius 2 is 2.00 bits per heavy atom. The number of carbonyl (C=O) groups is 2. The number of hydrogen-bond acceptors (Lipinski definition) is 4. The highest BCUT2D eigenvalue weighted by Gasteiger charge is 2.26. The summed E-state index contributed by atoms with van der Waals surface area (Å²) in [7, 11) is 0. The van der Waals surface area contributed by atoms with Crippen molar-refractivity contribution in [2.24, 2.45) is 5.16 Å². The van der Waals surface area contributed by atoms with Crippen molar-refractivity contribution < 1.29 is 14.4 Å². The molecule has 0 aromatic heterocycles. The van der Waals surface area contributed by atoms with Gasteiger partial charge in [0.05, 0.1) is 5.69 Å². The largest absolute Gasteiger partial charge is 0.385 e. The molecule has 6 heteroatoms. The highest BCUT2D eigenvalue weighted by Crippen LogP contribution is 2.24. The van der Waals surface area contributed by atoms with Gasteiger partial charge in [-0.25, -0.2) is 0 Å². The Hall–Kier alpha value is -3.15. The van der Waals surface area contributed by atoms with Crippen LogP contribution in [0.2, 0.25) is 0 Å². The lowest BCUT2D eigenvalue weighted by molar-refractivity contribution is -0.125. The molecule has 0 fully saturated rings. The predicted octanol–water partition coefficient (Wildman–Crippen LogP) is 2.03. The third-order valence-electron chi connectivity index (χ3n) is 3.82. The van der Waals surface area contributed by atoms with Crippen LogP contribution >= 0.6 is 0 Å². The Labute approximate surface area is 145 Å². The van der Waals surface area contributed by atoms with E-state index in [1.165, 1.54) is 0 Å². The quantitative estimate of drug-likeness (QED) is 0.792. The average Bonchev–Trinajstić information content (AvgIpc) is 2.91. The normalized spacial score (nSPS) is 14.1. The molecule has 0 saturated carbocycles. The summed E-state index contributed by atoms with van der Waals surface area (Å²) in [5.41, 5.74) is 3.75. The van der Waals surface area contributed by atoms with Crippen molar-refractivity contribution in [2.75, 3.05) is 18.5 Å². The fourth-order valence-electron chi connectivity index (χ4n) is 2.55. The van der Waals surface area contributed by atoms with Crippen LogP contribution in [0.3, 0.4) is 0 Å². The van der Waals surface area contributed by atoms with E-state index in [-0.39, 0.29) is 24.1 Å². The minimum atomic E-state index is -0.329. The van der Waals surface area contributed by atoms with Crippen LogP contribution in [-0.2, 0) is 20.8 Å². The maximum atomic E-state index is 11.9. The number of anilines is 1. The summed E-state index contributed by atoms with van der Waals surface area (Å²) in [5, 5.41) is 9.31. The molecule has 2 aromatic carbocycles. The fraction of sp³-hybridized carbons (Fsp3) is 0.211. The van der Waals surface area contributed by atoms with Gasteiger partial charge in [0.2, 0.25) is 0 Å². The van der Waals surface area contributed by atoms with Crippen LogP contribution in [0, 0.1) is 6.92 Å². The highest BCUT2D eigenvalue weighted by molar-refractivity contribution is 6.53. The van der Waals surface area contributed by atoms with Crippen LogP contribution in [0.25, 0.3) is 0 Å². The van der Waals surface area contributed by atoms with E-state index in [0.29, 0.717) is 17.8 Å². The van der Waals surface area contributed by atoms with Gasteiger partial charge in [-0.3, -0.25) is 9.59 Å². The summed E-state index contributed by atoms with van der Waals surface area (Å²) in [5.74, 6) is -0.603. The van der Waals surface area contributed by atoms with E-state index in [9.17, 15) is 9.59 Å². The van der Waals surface area contributed by atoms with Crippen molar-refractivity contribution in [3.05, 3.63) is 65.2 Å². The summed E-state index contributed by atoms with van der Waals surface area (Å²) >= 11 is 0. The zero-order valence-corrected chi connectivity index (χ0v) is 13.9. The first kappa shape index (κ1) is 16.7. The van der Waals surface area contributed by atoms with Gasteiger partial charge in [0.15, 0.2) is 12.3 Å². The van der Waals surface area contributed by atoms with E-state index >= 15 is 0 Å². The molecule has 0 unspecified atom stereocenters. The molecule has 0 radical (unpaired) electrons. The van der Waals surface area contributed by atoms with E-state index in [1.807, 2.05) is 55.5 Å². The second kappa shape index (κ2) is 7.61. The molecule has 128 valence electrons. The lowest BCUT2D eigenvalue weighted by atomic mass is 10.1. The van der Waals surface area contributed by atoms with Crippen molar-refractivity contribution in [1.29, 1.82) is 0 Å². The first-order valence-electron chi connectivity index (χ1n) is 8.06. The zero-order valence-electron chi connectivity index (χ0n) is 13.9. The number of benzene rings is 2. The third kappa shape index (κ3) is 4.23. The van der Waals surface area contributed by atoms with E-state index in [0.717, 1.165) is 17.5 Å². The van der Waals surface area contributed by atoms with Gasteiger partial charge in [0, 0.05) is 12.1 Å². The fourth-order valence-corrected chi connectivity index (χ4v) is 2.55. The van der Waals surface area contributed by atoms with Crippen molar-refractivity contribution in [3.8, 4) is 0 Å². The predicted molar refractivity (Wildman–Crippen MR) is 95.5 cm³/mol. The Bertz CT molecular complexity index is 816. The van der Waals surface area contributed by atoms with E-state index < -0.39 is 0 Å². The van der Waals surface area contributed by atoms with E-state index in [2.05, 4.69) is 15.8 Å². The number of oxime groups is 1. The summed E-state index contributed by atoms with van der Waals surface area (Å²) < 4.78 is 0. The maximum absolute atomic E-state index is 11.9. The SMILES string of the molecule is Cc1ccc2c(c1)C(=NOCC(=O)NCCc1ccccc1)C(=O)N2. The van der Waals surface area contributed by atoms with Crippen molar-refractivity contribution in [1.82, 2.24) is 5.32 Å². The highest BCUT2D eigenvalue weighted by atomic mass is 16.6. The molecule has 1 aliphatic heterocycles. The number of hydrogen-bond donors (Lipinski definition) is 2. The lowest BCUT2D eigenvalue weighted by Gasteiger charge is -2.05.